The topological polar surface area (TPSA) is 9.23 Å². The molecule has 0 rings (SSSR count). The summed E-state index contributed by atoms with van der Waals surface area (Å²) in [5.74, 6) is 0.580. The number of ether oxygens (including phenoxy) is 1. The number of allylic oxidation sites excluding steroid dienone is 3. The zero-order chi connectivity index (χ0) is 8.85. The van der Waals surface area contributed by atoms with Crippen molar-refractivity contribution in [2.24, 2.45) is 0 Å². The summed E-state index contributed by atoms with van der Waals surface area (Å²) in [5.41, 5.74) is 0. The van der Waals surface area contributed by atoms with E-state index in [1.807, 2.05) is 13.8 Å². The summed E-state index contributed by atoms with van der Waals surface area (Å²) in [6.45, 7) is 10.9. The second-order valence-electron chi connectivity index (χ2n) is 2.34. The Balaban J connectivity index is 4.23. The summed E-state index contributed by atoms with van der Waals surface area (Å²) in [4.78, 5) is 0. The largest absolute Gasteiger partial charge is 0.489 e. The summed E-state index contributed by atoms with van der Waals surface area (Å²) in [6, 6.07) is 0. The molecule has 0 aliphatic carbocycles. The van der Waals surface area contributed by atoms with Crippen LogP contribution in [0.5, 0.6) is 0 Å². The van der Waals surface area contributed by atoms with Crippen molar-refractivity contribution in [1.82, 2.24) is 0 Å². The van der Waals surface area contributed by atoms with Crippen molar-refractivity contribution in [1.29, 1.82) is 0 Å². The van der Waals surface area contributed by atoms with Gasteiger partial charge < -0.3 is 4.74 Å². The van der Waals surface area contributed by atoms with Gasteiger partial charge in [0.1, 0.15) is 5.76 Å². The Kier molecular flexibility index (Phi) is 4.71. The summed E-state index contributed by atoms with van der Waals surface area (Å²) in [7, 11) is 0. The quantitative estimate of drug-likeness (QED) is 0.467. The lowest BCUT2D eigenvalue weighted by Crippen LogP contribution is -2.01. The number of hydrogen-bond acceptors (Lipinski definition) is 1. The molecule has 0 atom stereocenters. The molecule has 0 aromatic rings. The van der Waals surface area contributed by atoms with Crippen molar-refractivity contribution in [3.05, 3.63) is 36.1 Å². The van der Waals surface area contributed by atoms with E-state index in [0.29, 0.717) is 10.8 Å². The standard InChI is InChI=1S/C9H13ClO/c1-5-6-9(8(4)10)11-7(2)3/h5-7H,1,4H2,2-3H3. The average Bonchev–Trinajstić information content (AvgIpc) is 1.86. The Morgan fingerprint density at radius 1 is 1.55 bits per heavy atom. The van der Waals surface area contributed by atoms with Crippen LogP contribution in [0.4, 0.5) is 0 Å². The van der Waals surface area contributed by atoms with E-state index < -0.39 is 0 Å². The first-order chi connectivity index (χ1) is 5.07. The molecule has 0 N–H and O–H groups in total. The van der Waals surface area contributed by atoms with Gasteiger partial charge in [0.25, 0.3) is 0 Å². The summed E-state index contributed by atoms with van der Waals surface area (Å²) in [6.07, 6.45) is 3.41. The van der Waals surface area contributed by atoms with Crippen LogP contribution in [-0.4, -0.2) is 6.10 Å². The van der Waals surface area contributed by atoms with Crippen LogP contribution in [0.15, 0.2) is 36.1 Å². The third kappa shape index (κ3) is 4.68. The fraction of sp³-hybridized carbons (Fsp3) is 0.333. The zero-order valence-electron chi connectivity index (χ0n) is 6.93. The second kappa shape index (κ2) is 5.03. The highest BCUT2D eigenvalue weighted by atomic mass is 35.5. The zero-order valence-corrected chi connectivity index (χ0v) is 7.69. The van der Waals surface area contributed by atoms with Gasteiger partial charge in [-0.25, -0.2) is 0 Å². The number of halogens is 1. The van der Waals surface area contributed by atoms with Gasteiger partial charge in [-0.15, -0.1) is 0 Å². The molecule has 0 aromatic heterocycles. The number of rotatable bonds is 4. The first-order valence-electron chi connectivity index (χ1n) is 3.42. The smallest absolute Gasteiger partial charge is 0.137 e. The van der Waals surface area contributed by atoms with Gasteiger partial charge in [-0.2, -0.15) is 0 Å². The molecule has 0 unspecified atom stereocenters. The first-order valence-corrected chi connectivity index (χ1v) is 3.80. The SMILES string of the molecule is C=CC=C(OC(C)C)C(=C)Cl. The lowest BCUT2D eigenvalue weighted by molar-refractivity contribution is 0.156. The molecule has 0 heterocycles. The van der Waals surface area contributed by atoms with Crippen LogP contribution in [-0.2, 0) is 4.74 Å². The van der Waals surface area contributed by atoms with Crippen LogP contribution in [0.2, 0.25) is 0 Å². The highest BCUT2D eigenvalue weighted by Crippen LogP contribution is 2.15. The highest BCUT2D eigenvalue weighted by molar-refractivity contribution is 6.31. The Hall–Kier alpha value is -0.690. The molecule has 0 spiro atoms. The van der Waals surface area contributed by atoms with Crippen LogP contribution < -0.4 is 0 Å². The van der Waals surface area contributed by atoms with E-state index in [9.17, 15) is 0 Å². The van der Waals surface area contributed by atoms with Gasteiger partial charge in [-0.1, -0.05) is 30.8 Å². The van der Waals surface area contributed by atoms with Gasteiger partial charge in [0.05, 0.1) is 11.1 Å². The van der Waals surface area contributed by atoms with Crippen molar-refractivity contribution < 1.29 is 4.74 Å². The van der Waals surface area contributed by atoms with Crippen LogP contribution >= 0.6 is 11.6 Å². The monoisotopic (exact) mass is 172 g/mol. The molecule has 0 saturated heterocycles. The van der Waals surface area contributed by atoms with E-state index in [1.54, 1.807) is 12.2 Å². The molecule has 0 aliphatic rings. The Labute approximate surface area is 73.0 Å². The van der Waals surface area contributed by atoms with Gasteiger partial charge in [0.15, 0.2) is 0 Å². The van der Waals surface area contributed by atoms with Crippen LogP contribution in [0, 0.1) is 0 Å². The maximum atomic E-state index is 5.63. The van der Waals surface area contributed by atoms with E-state index in [2.05, 4.69) is 13.2 Å². The summed E-state index contributed by atoms with van der Waals surface area (Å²) in [5, 5.41) is 0.401. The molecule has 0 saturated carbocycles. The molecule has 62 valence electrons. The first kappa shape index (κ1) is 10.3. The molecule has 2 heteroatoms. The molecular formula is C9H13ClO. The Bertz CT molecular complexity index is 180. The maximum absolute atomic E-state index is 5.63. The van der Waals surface area contributed by atoms with Crippen LogP contribution in [0.1, 0.15) is 13.8 Å². The molecule has 1 nitrogen and oxygen atoms in total. The van der Waals surface area contributed by atoms with E-state index in [0.717, 1.165) is 0 Å². The third-order valence-electron chi connectivity index (χ3n) is 0.899. The van der Waals surface area contributed by atoms with Crippen molar-refractivity contribution in [2.75, 3.05) is 0 Å². The summed E-state index contributed by atoms with van der Waals surface area (Å²) < 4.78 is 5.31. The minimum atomic E-state index is 0.108. The fourth-order valence-corrected chi connectivity index (χ4v) is 0.662. The van der Waals surface area contributed by atoms with Crippen LogP contribution in [0.25, 0.3) is 0 Å². The van der Waals surface area contributed by atoms with E-state index in [4.69, 9.17) is 16.3 Å². The van der Waals surface area contributed by atoms with Gasteiger partial charge in [-0.05, 0) is 19.9 Å². The lowest BCUT2D eigenvalue weighted by atomic mass is 10.4. The predicted molar refractivity (Wildman–Crippen MR) is 49.5 cm³/mol. The van der Waals surface area contributed by atoms with Crippen molar-refractivity contribution in [2.45, 2.75) is 20.0 Å². The lowest BCUT2D eigenvalue weighted by Gasteiger charge is -2.11. The molecule has 0 aromatic carbocycles. The third-order valence-corrected chi connectivity index (χ3v) is 1.09. The molecule has 0 radical (unpaired) electrons. The number of hydrogen-bond donors (Lipinski definition) is 0. The van der Waals surface area contributed by atoms with Crippen molar-refractivity contribution in [3.8, 4) is 0 Å². The maximum Gasteiger partial charge on any atom is 0.137 e. The van der Waals surface area contributed by atoms with Crippen molar-refractivity contribution in [3.63, 3.8) is 0 Å². The fourth-order valence-electron chi connectivity index (χ4n) is 0.555. The van der Waals surface area contributed by atoms with Gasteiger partial charge >= 0.3 is 0 Å². The average molecular weight is 173 g/mol. The van der Waals surface area contributed by atoms with E-state index >= 15 is 0 Å². The molecular weight excluding hydrogens is 160 g/mol. The molecule has 0 amide bonds. The minimum absolute atomic E-state index is 0.108. The van der Waals surface area contributed by atoms with Crippen molar-refractivity contribution >= 4 is 11.6 Å². The van der Waals surface area contributed by atoms with Crippen LogP contribution in [0.3, 0.4) is 0 Å². The Morgan fingerprint density at radius 3 is 2.36 bits per heavy atom. The Morgan fingerprint density at radius 2 is 2.09 bits per heavy atom. The van der Waals surface area contributed by atoms with Gasteiger partial charge in [0, 0.05) is 0 Å². The normalized spacial score (nSPS) is 11.5. The molecule has 0 bridgehead atoms. The molecule has 0 aliphatic heterocycles. The van der Waals surface area contributed by atoms with E-state index in [1.165, 1.54) is 0 Å². The minimum Gasteiger partial charge on any atom is -0.489 e. The summed E-state index contributed by atoms with van der Waals surface area (Å²) >= 11 is 5.63. The highest BCUT2D eigenvalue weighted by Gasteiger charge is 2.01. The van der Waals surface area contributed by atoms with Gasteiger partial charge in [-0.3, -0.25) is 0 Å². The second-order valence-corrected chi connectivity index (χ2v) is 2.79. The molecule has 11 heavy (non-hydrogen) atoms. The van der Waals surface area contributed by atoms with Gasteiger partial charge in [0.2, 0.25) is 0 Å². The van der Waals surface area contributed by atoms with E-state index in [-0.39, 0.29) is 6.10 Å². The predicted octanol–water partition coefficient (Wildman–Crippen LogP) is 3.23. The molecule has 0 fully saturated rings.